The van der Waals surface area contributed by atoms with Gasteiger partial charge in [-0.3, -0.25) is 9.00 Å². The molecule has 2 aromatic rings. The largest absolute Gasteiger partial charge is 0.497 e. The highest BCUT2D eigenvalue weighted by atomic mass is 32.2. The number of hydrogen-bond acceptors (Lipinski definition) is 5. The first-order chi connectivity index (χ1) is 13.1. The van der Waals surface area contributed by atoms with E-state index in [1.54, 1.807) is 60.5 Å². The third kappa shape index (κ3) is 4.87. The van der Waals surface area contributed by atoms with Gasteiger partial charge >= 0.3 is 0 Å². The van der Waals surface area contributed by atoms with Crippen molar-refractivity contribution in [3.05, 3.63) is 54.1 Å². The smallest absolute Gasteiger partial charge is 0.260 e. The molecule has 1 saturated heterocycles. The van der Waals surface area contributed by atoms with Crippen molar-refractivity contribution in [2.24, 2.45) is 0 Å². The van der Waals surface area contributed by atoms with Crippen LogP contribution in [0, 0.1) is 0 Å². The lowest BCUT2D eigenvalue weighted by Crippen LogP contribution is -2.34. The Kier molecular flexibility index (Phi) is 6.47. The van der Waals surface area contributed by atoms with E-state index in [0.29, 0.717) is 25.3 Å². The molecule has 1 N–H and O–H groups in total. The normalized spacial score (nSPS) is 17.6. The van der Waals surface area contributed by atoms with Gasteiger partial charge in [0.15, 0.2) is 6.61 Å². The van der Waals surface area contributed by atoms with Gasteiger partial charge in [-0.25, -0.2) is 0 Å². The van der Waals surface area contributed by atoms with Gasteiger partial charge in [0.1, 0.15) is 11.5 Å². The van der Waals surface area contributed by atoms with Gasteiger partial charge in [-0.1, -0.05) is 12.1 Å². The lowest BCUT2D eigenvalue weighted by Gasteiger charge is -2.17. The number of benzene rings is 2. The highest BCUT2D eigenvalue weighted by Crippen LogP contribution is 2.22. The summed E-state index contributed by atoms with van der Waals surface area (Å²) >= 11 is 0. The monoisotopic (exact) mass is 389 g/mol. The highest BCUT2D eigenvalue weighted by Gasteiger charge is 2.31. The number of carbonyl (C=O) groups excluding carboxylic acids is 1. The third-order valence-electron chi connectivity index (χ3n) is 4.56. The Balaban J connectivity index is 1.51. The zero-order valence-electron chi connectivity index (χ0n) is 15.2. The standard InChI is InChI=1S/C20H23NO5S/c1-25-16-6-8-18(9-7-16)27(24)19-10-11-21(12-19)20(23)14-26-17-4-2-15(13-22)3-5-17/h2-9,19,22H,10-14H2,1H3. The van der Waals surface area contributed by atoms with Gasteiger partial charge in [0, 0.05) is 18.0 Å². The molecule has 2 unspecified atom stereocenters. The molecule has 2 atom stereocenters. The molecule has 1 aliphatic heterocycles. The first-order valence-electron chi connectivity index (χ1n) is 8.75. The lowest BCUT2D eigenvalue weighted by atomic mass is 10.2. The lowest BCUT2D eigenvalue weighted by molar-refractivity contribution is -0.132. The quantitative estimate of drug-likeness (QED) is 0.784. The van der Waals surface area contributed by atoms with E-state index in [2.05, 4.69) is 0 Å². The third-order valence-corrected chi connectivity index (χ3v) is 6.29. The Morgan fingerprint density at radius 2 is 1.81 bits per heavy atom. The zero-order valence-corrected chi connectivity index (χ0v) is 16.0. The van der Waals surface area contributed by atoms with Gasteiger partial charge in [0.25, 0.3) is 5.91 Å². The van der Waals surface area contributed by atoms with Gasteiger partial charge in [-0.05, 0) is 48.4 Å². The van der Waals surface area contributed by atoms with Crippen molar-refractivity contribution in [3.8, 4) is 11.5 Å². The summed E-state index contributed by atoms with van der Waals surface area (Å²) in [7, 11) is 0.429. The molecule has 1 heterocycles. The summed E-state index contributed by atoms with van der Waals surface area (Å²) in [6, 6.07) is 14.2. The van der Waals surface area contributed by atoms with Gasteiger partial charge < -0.3 is 19.5 Å². The Hall–Kier alpha value is -2.38. The molecule has 144 valence electrons. The first kappa shape index (κ1) is 19.4. The van der Waals surface area contributed by atoms with Crippen LogP contribution < -0.4 is 9.47 Å². The number of aliphatic hydroxyl groups is 1. The zero-order chi connectivity index (χ0) is 19.2. The minimum Gasteiger partial charge on any atom is -0.497 e. The fourth-order valence-corrected chi connectivity index (χ4v) is 4.38. The summed E-state index contributed by atoms with van der Waals surface area (Å²) in [6.07, 6.45) is 0.704. The van der Waals surface area contributed by atoms with Crippen LogP contribution in [-0.2, 0) is 22.2 Å². The topological polar surface area (TPSA) is 76.1 Å². The van der Waals surface area contributed by atoms with E-state index >= 15 is 0 Å². The average molecular weight is 389 g/mol. The number of aliphatic hydroxyl groups excluding tert-OH is 1. The molecule has 0 saturated carbocycles. The molecule has 6 nitrogen and oxygen atoms in total. The van der Waals surface area contributed by atoms with Crippen LogP contribution in [0.3, 0.4) is 0 Å². The Morgan fingerprint density at radius 1 is 1.15 bits per heavy atom. The maximum atomic E-state index is 12.7. The number of ether oxygens (including phenoxy) is 2. The molecule has 1 aliphatic rings. The number of rotatable bonds is 7. The van der Waals surface area contributed by atoms with Crippen LogP contribution in [0.15, 0.2) is 53.4 Å². The predicted molar refractivity (Wildman–Crippen MR) is 102 cm³/mol. The van der Waals surface area contributed by atoms with Crippen molar-refractivity contribution in [2.45, 2.75) is 23.2 Å². The summed E-state index contributed by atoms with van der Waals surface area (Å²) in [5.74, 6) is 1.19. The molecule has 1 fully saturated rings. The van der Waals surface area contributed by atoms with Crippen LogP contribution in [0.2, 0.25) is 0 Å². The SMILES string of the molecule is COc1ccc(S(=O)C2CCN(C(=O)COc3ccc(CO)cc3)C2)cc1. The molecule has 1 amide bonds. The molecule has 0 aliphatic carbocycles. The fourth-order valence-electron chi connectivity index (χ4n) is 2.96. The number of likely N-dealkylation sites (tertiary alicyclic amines) is 1. The summed E-state index contributed by atoms with van der Waals surface area (Å²) < 4.78 is 23.4. The fraction of sp³-hybridized carbons (Fsp3) is 0.350. The van der Waals surface area contributed by atoms with Crippen LogP contribution in [0.5, 0.6) is 11.5 Å². The van der Waals surface area contributed by atoms with Gasteiger partial charge in [-0.2, -0.15) is 0 Å². The Labute approximate surface area is 161 Å². The highest BCUT2D eigenvalue weighted by molar-refractivity contribution is 7.85. The van der Waals surface area contributed by atoms with Crippen LogP contribution in [0.4, 0.5) is 0 Å². The number of carbonyl (C=O) groups is 1. The van der Waals surface area contributed by atoms with Gasteiger partial charge in [0.2, 0.25) is 0 Å². The molecule has 0 aromatic heterocycles. The van der Waals surface area contributed by atoms with Crippen LogP contribution in [-0.4, -0.2) is 52.2 Å². The average Bonchev–Trinajstić information content (AvgIpc) is 3.22. The maximum Gasteiger partial charge on any atom is 0.260 e. The number of amides is 1. The van der Waals surface area contributed by atoms with E-state index < -0.39 is 10.8 Å². The number of methoxy groups -OCH3 is 1. The second-order valence-corrected chi connectivity index (χ2v) is 8.05. The van der Waals surface area contributed by atoms with Crippen molar-refractivity contribution in [3.63, 3.8) is 0 Å². The minimum atomic E-state index is -1.16. The van der Waals surface area contributed by atoms with Gasteiger partial charge in [-0.15, -0.1) is 0 Å². The first-order valence-corrected chi connectivity index (χ1v) is 9.97. The van der Waals surface area contributed by atoms with E-state index in [9.17, 15) is 9.00 Å². The van der Waals surface area contributed by atoms with E-state index in [0.717, 1.165) is 16.2 Å². The molecular formula is C20H23NO5S. The van der Waals surface area contributed by atoms with Crippen LogP contribution >= 0.6 is 0 Å². The Bertz CT molecular complexity index is 791. The van der Waals surface area contributed by atoms with E-state index in [1.165, 1.54) is 0 Å². The van der Waals surface area contributed by atoms with E-state index in [4.69, 9.17) is 14.6 Å². The van der Waals surface area contributed by atoms with Crippen molar-refractivity contribution >= 4 is 16.7 Å². The van der Waals surface area contributed by atoms with E-state index in [-0.39, 0.29) is 24.4 Å². The Morgan fingerprint density at radius 3 is 2.44 bits per heavy atom. The molecule has 0 bridgehead atoms. The number of hydrogen-bond donors (Lipinski definition) is 1. The molecule has 0 spiro atoms. The maximum absolute atomic E-state index is 12.7. The van der Waals surface area contributed by atoms with E-state index in [1.807, 2.05) is 0 Å². The summed E-state index contributed by atoms with van der Waals surface area (Å²) in [4.78, 5) is 14.8. The molecular weight excluding hydrogens is 366 g/mol. The van der Waals surface area contributed by atoms with Crippen molar-refractivity contribution in [1.29, 1.82) is 0 Å². The summed E-state index contributed by atoms with van der Waals surface area (Å²) in [6.45, 7) is 0.961. The van der Waals surface area contributed by atoms with Crippen molar-refractivity contribution < 1.29 is 23.6 Å². The molecule has 3 rings (SSSR count). The van der Waals surface area contributed by atoms with Crippen LogP contribution in [0.25, 0.3) is 0 Å². The van der Waals surface area contributed by atoms with Gasteiger partial charge in [0.05, 0.1) is 29.8 Å². The second kappa shape index (κ2) is 9.01. The van der Waals surface area contributed by atoms with Crippen molar-refractivity contribution in [1.82, 2.24) is 4.90 Å². The molecule has 27 heavy (non-hydrogen) atoms. The second-order valence-electron chi connectivity index (χ2n) is 6.31. The summed E-state index contributed by atoms with van der Waals surface area (Å²) in [5.41, 5.74) is 0.789. The molecule has 2 aromatic carbocycles. The van der Waals surface area contributed by atoms with Crippen molar-refractivity contribution in [2.75, 3.05) is 26.8 Å². The summed E-state index contributed by atoms with van der Waals surface area (Å²) in [5, 5.41) is 8.96. The number of nitrogens with zero attached hydrogens (tertiary/aromatic N) is 1. The van der Waals surface area contributed by atoms with Crippen LogP contribution in [0.1, 0.15) is 12.0 Å². The molecule has 7 heteroatoms. The minimum absolute atomic E-state index is 0.0281. The molecule has 0 radical (unpaired) electrons. The predicted octanol–water partition coefficient (Wildman–Crippen LogP) is 1.97.